The highest BCUT2D eigenvalue weighted by Gasteiger charge is 2.11. The van der Waals surface area contributed by atoms with E-state index in [2.05, 4.69) is 6.92 Å². The molecule has 0 aliphatic heterocycles. The van der Waals surface area contributed by atoms with Crippen LogP contribution in [-0.2, 0) is 9.53 Å². The lowest BCUT2D eigenvalue weighted by Crippen LogP contribution is -2.03. The van der Waals surface area contributed by atoms with E-state index >= 15 is 0 Å². The second-order valence-electron chi connectivity index (χ2n) is 5.72. The molecule has 0 aliphatic rings. The fourth-order valence-corrected chi connectivity index (χ4v) is 2.66. The molecule has 0 heterocycles. The van der Waals surface area contributed by atoms with E-state index < -0.39 is 0 Å². The Bertz CT molecular complexity index is 348. The number of hydrogen-bond acceptors (Lipinski definition) is 2. The topological polar surface area (TPSA) is 26.3 Å². The summed E-state index contributed by atoms with van der Waals surface area (Å²) in [7, 11) is 0. The largest absolute Gasteiger partial charge is 0.449 e. The number of rotatable bonds is 13. The molecule has 117 valence electrons. The lowest BCUT2D eigenvalue weighted by Gasteiger charge is -2.14. The number of unbranched alkanes of at least 4 members (excludes halogenated alkanes) is 8. The van der Waals surface area contributed by atoms with Crippen LogP contribution < -0.4 is 0 Å². The molecular formula is C19H29O2. The molecule has 0 saturated carbocycles. The van der Waals surface area contributed by atoms with Gasteiger partial charge in [0.2, 0.25) is 0 Å². The average Bonchev–Trinajstić information content (AvgIpc) is 2.53. The van der Waals surface area contributed by atoms with Gasteiger partial charge in [0.05, 0.1) is 0 Å². The molecule has 0 bridgehead atoms. The zero-order valence-electron chi connectivity index (χ0n) is 13.4. The van der Waals surface area contributed by atoms with Gasteiger partial charge in [-0.3, -0.25) is 0 Å². The van der Waals surface area contributed by atoms with Crippen molar-refractivity contribution < 1.29 is 9.53 Å². The van der Waals surface area contributed by atoms with Crippen molar-refractivity contribution in [3.63, 3.8) is 0 Å². The van der Waals surface area contributed by atoms with Crippen molar-refractivity contribution in [1.82, 2.24) is 0 Å². The van der Waals surface area contributed by atoms with E-state index in [1.54, 1.807) is 6.47 Å². The monoisotopic (exact) mass is 289 g/mol. The van der Waals surface area contributed by atoms with Gasteiger partial charge in [-0.2, -0.15) is 0 Å². The molecule has 1 rings (SSSR count). The third-order valence-corrected chi connectivity index (χ3v) is 3.93. The quantitative estimate of drug-likeness (QED) is 0.433. The maximum atomic E-state index is 10.5. The van der Waals surface area contributed by atoms with Crippen LogP contribution in [0.3, 0.4) is 0 Å². The minimum absolute atomic E-state index is 0.131. The maximum absolute atomic E-state index is 10.5. The first-order chi connectivity index (χ1) is 10.4. The first kappa shape index (κ1) is 17.7. The van der Waals surface area contributed by atoms with Gasteiger partial charge in [0, 0.05) is 0 Å². The Morgan fingerprint density at radius 2 is 1.48 bits per heavy atom. The molecule has 0 fully saturated rings. The van der Waals surface area contributed by atoms with E-state index in [-0.39, 0.29) is 6.10 Å². The van der Waals surface area contributed by atoms with E-state index in [1.807, 2.05) is 30.3 Å². The second-order valence-corrected chi connectivity index (χ2v) is 5.72. The normalized spacial score (nSPS) is 12.0. The highest BCUT2D eigenvalue weighted by atomic mass is 16.5. The summed E-state index contributed by atoms with van der Waals surface area (Å²) in [6.07, 6.45) is 12.5. The third-order valence-electron chi connectivity index (χ3n) is 3.93. The number of hydrogen-bond donors (Lipinski definition) is 0. The van der Waals surface area contributed by atoms with Crippen LogP contribution in [0.2, 0.25) is 0 Å². The molecule has 0 saturated heterocycles. The Kier molecular flexibility index (Phi) is 10.5. The summed E-state index contributed by atoms with van der Waals surface area (Å²) in [6.45, 7) is 3.85. The van der Waals surface area contributed by atoms with Gasteiger partial charge < -0.3 is 4.74 Å². The lowest BCUT2D eigenvalue weighted by atomic mass is 10.0. The van der Waals surface area contributed by atoms with Crippen LogP contribution in [0.5, 0.6) is 0 Å². The first-order valence-corrected chi connectivity index (χ1v) is 8.46. The minimum atomic E-state index is -0.131. The summed E-state index contributed by atoms with van der Waals surface area (Å²) in [5, 5.41) is 0. The van der Waals surface area contributed by atoms with E-state index in [0.717, 1.165) is 18.4 Å². The fraction of sp³-hybridized carbons (Fsp3) is 0.632. The summed E-state index contributed by atoms with van der Waals surface area (Å²) >= 11 is 0. The molecule has 0 aromatic heterocycles. The molecule has 1 radical (unpaired) electrons. The molecule has 1 aromatic rings. The molecular weight excluding hydrogens is 260 g/mol. The number of ether oxygens (including phenoxy) is 1. The molecule has 1 aromatic carbocycles. The Morgan fingerprint density at radius 3 is 2.05 bits per heavy atom. The van der Waals surface area contributed by atoms with Crippen molar-refractivity contribution >= 4 is 6.47 Å². The Morgan fingerprint density at radius 1 is 0.905 bits per heavy atom. The van der Waals surface area contributed by atoms with Crippen molar-refractivity contribution in [1.29, 1.82) is 0 Å². The van der Waals surface area contributed by atoms with Crippen molar-refractivity contribution in [2.75, 3.05) is 0 Å². The third kappa shape index (κ3) is 8.54. The van der Waals surface area contributed by atoms with Gasteiger partial charge in [-0.1, -0.05) is 88.6 Å². The summed E-state index contributed by atoms with van der Waals surface area (Å²) in [5.41, 5.74) is 1.07. The first-order valence-electron chi connectivity index (χ1n) is 8.46. The zero-order valence-corrected chi connectivity index (χ0v) is 13.4. The standard InChI is InChI=1S/C19H29O2/c1-2-3-4-5-6-7-8-9-13-16-19(21-17-20)18-14-11-10-12-15-18/h10-12,14-15,19H,2-9,13,16H2,1H3. The molecule has 2 heteroatoms. The van der Waals surface area contributed by atoms with Gasteiger partial charge in [0.25, 0.3) is 0 Å². The molecule has 21 heavy (non-hydrogen) atoms. The SMILES string of the molecule is CCCCCCCCCCCC(O[C]=O)c1ccccc1. The Hall–Kier alpha value is -1.31. The van der Waals surface area contributed by atoms with Crippen molar-refractivity contribution in [3.8, 4) is 0 Å². The van der Waals surface area contributed by atoms with Crippen LogP contribution in [0, 0.1) is 0 Å². The molecule has 0 spiro atoms. The minimum Gasteiger partial charge on any atom is -0.449 e. The van der Waals surface area contributed by atoms with Gasteiger partial charge >= 0.3 is 6.47 Å². The van der Waals surface area contributed by atoms with Crippen molar-refractivity contribution in [2.45, 2.75) is 77.2 Å². The van der Waals surface area contributed by atoms with Crippen LogP contribution in [-0.4, -0.2) is 6.47 Å². The van der Waals surface area contributed by atoms with Crippen molar-refractivity contribution in [3.05, 3.63) is 35.9 Å². The molecule has 1 unspecified atom stereocenters. The van der Waals surface area contributed by atoms with Crippen LogP contribution >= 0.6 is 0 Å². The molecule has 0 amide bonds. The molecule has 0 aliphatic carbocycles. The van der Waals surface area contributed by atoms with Crippen LogP contribution in [0.4, 0.5) is 0 Å². The molecule has 0 N–H and O–H groups in total. The maximum Gasteiger partial charge on any atom is 0.418 e. The number of carbonyl (C=O) groups excluding carboxylic acids is 1. The van der Waals surface area contributed by atoms with Crippen LogP contribution in [0.15, 0.2) is 30.3 Å². The molecule has 1 atom stereocenters. The predicted molar refractivity (Wildman–Crippen MR) is 87.8 cm³/mol. The lowest BCUT2D eigenvalue weighted by molar-refractivity contribution is 0.166. The van der Waals surface area contributed by atoms with E-state index in [4.69, 9.17) is 4.74 Å². The summed E-state index contributed by atoms with van der Waals surface area (Å²) in [6, 6.07) is 9.95. The van der Waals surface area contributed by atoms with Gasteiger partial charge in [-0.05, 0) is 18.4 Å². The summed E-state index contributed by atoms with van der Waals surface area (Å²) in [5.74, 6) is 0. The Balaban J connectivity index is 2.10. The highest BCUT2D eigenvalue weighted by Crippen LogP contribution is 2.23. The van der Waals surface area contributed by atoms with E-state index in [1.165, 1.54) is 51.4 Å². The second kappa shape index (κ2) is 12.4. The van der Waals surface area contributed by atoms with Crippen LogP contribution in [0.1, 0.15) is 82.8 Å². The molecule has 2 nitrogen and oxygen atoms in total. The van der Waals surface area contributed by atoms with Crippen molar-refractivity contribution in [2.24, 2.45) is 0 Å². The van der Waals surface area contributed by atoms with Gasteiger partial charge in [0.15, 0.2) is 0 Å². The summed E-state index contributed by atoms with van der Waals surface area (Å²) < 4.78 is 5.09. The van der Waals surface area contributed by atoms with Gasteiger partial charge in [0.1, 0.15) is 6.10 Å². The fourth-order valence-electron chi connectivity index (χ4n) is 2.66. The van der Waals surface area contributed by atoms with Gasteiger partial charge in [-0.15, -0.1) is 0 Å². The predicted octanol–water partition coefficient (Wildman–Crippen LogP) is 5.73. The van der Waals surface area contributed by atoms with Crippen LogP contribution in [0.25, 0.3) is 0 Å². The van der Waals surface area contributed by atoms with Gasteiger partial charge in [-0.25, -0.2) is 4.79 Å². The Labute approximate surface area is 129 Å². The zero-order chi connectivity index (χ0) is 15.2. The van der Waals surface area contributed by atoms with E-state index in [0.29, 0.717) is 0 Å². The van der Waals surface area contributed by atoms with E-state index in [9.17, 15) is 4.79 Å². The number of benzene rings is 1. The smallest absolute Gasteiger partial charge is 0.418 e. The average molecular weight is 289 g/mol. The highest BCUT2D eigenvalue weighted by molar-refractivity contribution is 5.39. The summed E-state index contributed by atoms with van der Waals surface area (Å²) in [4.78, 5) is 10.5.